The van der Waals surface area contributed by atoms with Crippen molar-refractivity contribution in [3.05, 3.63) is 64.7 Å². The molecular weight excluding hydrogens is 366 g/mol. The smallest absolute Gasteiger partial charge is 0.238 e. The maximum Gasteiger partial charge on any atom is 0.238 e. The van der Waals surface area contributed by atoms with Gasteiger partial charge in [0.15, 0.2) is 11.6 Å². The van der Waals surface area contributed by atoms with Crippen molar-refractivity contribution < 1.29 is 14.4 Å². The van der Waals surface area contributed by atoms with Crippen LogP contribution in [0.1, 0.15) is 71.4 Å². The second kappa shape index (κ2) is 9.01. The summed E-state index contributed by atoms with van der Waals surface area (Å²) in [4.78, 5) is 37.7. The summed E-state index contributed by atoms with van der Waals surface area (Å²) in [6.07, 6.45) is 3.50. The molecule has 0 heterocycles. The van der Waals surface area contributed by atoms with Crippen LogP contribution >= 0.6 is 0 Å². The third-order valence-corrected chi connectivity index (χ3v) is 5.09. The summed E-state index contributed by atoms with van der Waals surface area (Å²) in [6.45, 7) is 3.76. The van der Waals surface area contributed by atoms with Crippen molar-refractivity contribution >= 4 is 23.2 Å². The molecule has 0 radical (unpaired) electrons. The van der Waals surface area contributed by atoms with Gasteiger partial charge in [-0.25, -0.2) is 0 Å². The zero-order valence-electron chi connectivity index (χ0n) is 16.8. The maximum atomic E-state index is 12.9. The summed E-state index contributed by atoms with van der Waals surface area (Å²) in [5, 5.41) is 6.19. The fraction of sp³-hybridized carbons (Fsp3) is 0.348. The third-order valence-electron chi connectivity index (χ3n) is 5.09. The first-order chi connectivity index (χ1) is 13.9. The van der Waals surface area contributed by atoms with Gasteiger partial charge >= 0.3 is 0 Å². The lowest BCUT2D eigenvalue weighted by Crippen LogP contribution is -2.47. The van der Waals surface area contributed by atoms with Gasteiger partial charge in [0.2, 0.25) is 5.91 Å². The van der Waals surface area contributed by atoms with Crippen LogP contribution in [0.25, 0.3) is 0 Å². The van der Waals surface area contributed by atoms with Crippen molar-refractivity contribution in [1.82, 2.24) is 5.32 Å². The summed E-state index contributed by atoms with van der Waals surface area (Å²) in [5.41, 5.74) is 8.00. The highest BCUT2D eigenvalue weighted by Gasteiger charge is 2.29. The van der Waals surface area contributed by atoms with Crippen LogP contribution in [0.15, 0.2) is 42.5 Å². The molecule has 4 N–H and O–H groups in total. The van der Waals surface area contributed by atoms with Gasteiger partial charge in [0, 0.05) is 27.9 Å². The molecule has 152 valence electrons. The number of unbranched alkanes of at least 4 members (excludes halogenated alkanes) is 2. The lowest BCUT2D eigenvalue weighted by Gasteiger charge is -2.24. The van der Waals surface area contributed by atoms with Gasteiger partial charge in [0.25, 0.3) is 0 Å². The molecular formula is C23H27N3O3. The quantitative estimate of drug-likeness (QED) is 0.403. The number of hydrogen-bond acceptors (Lipinski definition) is 5. The Bertz CT molecular complexity index is 937. The van der Waals surface area contributed by atoms with E-state index < -0.39 is 6.04 Å². The fourth-order valence-corrected chi connectivity index (χ4v) is 3.47. The van der Waals surface area contributed by atoms with Crippen molar-refractivity contribution in [1.29, 1.82) is 0 Å². The minimum absolute atomic E-state index is 0.147. The Hall–Kier alpha value is -2.99. The molecule has 29 heavy (non-hydrogen) atoms. The van der Waals surface area contributed by atoms with Crippen LogP contribution < -0.4 is 16.4 Å². The number of rotatable bonds is 8. The Kier molecular flexibility index (Phi) is 6.44. The van der Waals surface area contributed by atoms with E-state index in [-0.39, 0.29) is 23.6 Å². The van der Waals surface area contributed by atoms with E-state index >= 15 is 0 Å². The Labute approximate surface area is 170 Å². The number of benzene rings is 2. The normalized spacial score (nSPS) is 14.6. The second-order valence-corrected chi connectivity index (χ2v) is 7.45. The van der Waals surface area contributed by atoms with Crippen molar-refractivity contribution in [2.75, 3.05) is 5.32 Å². The van der Waals surface area contributed by atoms with Gasteiger partial charge in [-0.3, -0.25) is 14.4 Å². The van der Waals surface area contributed by atoms with Gasteiger partial charge in [-0.05, 0) is 38.0 Å². The van der Waals surface area contributed by atoms with E-state index in [2.05, 4.69) is 17.6 Å². The molecule has 3 rings (SSSR count). The highest BCUT2D eigenvalue weighted by Crippen LogP contribution is 2.29. The topological polar surface area (TPSA) is 101 Å². The molecule has 2 atom stereocenters. The fourth-order valence-electron chi connectivity index (χ4n) is 3.47. The number of nitrogens with two attached hydrogens (primary N) is 1. The Balaban J connectivity index is 1.84. The van der Waals surface area contributed by atoms with E-state index in [1.807, 2.05) is 0 Å². The average molecular weight is 393 g/mol. The Morgan fingerprint density at radius 3 is 2.21 bits per heavy atom. The summed E-state index contributed by atoms with van der Waals surface area (Å²) in [5.74, 6) is -0.551. The van der Waals surface area contributed by atoms with Crippen molar-refractivity contribution in [3.63, 3.8) is 0 Å². The zero-order valence-corrected chi connectivity index (χ0v) is 16.8. The third kappa shape index (κ3) is 4.54. The molecule has 0 bridgehead atoms. The van der Waals surface area contributed by atoms with Crippen molar-refractivity contribution in [3.8, 4) is 0 Å². The molecule has 1 amide bonds. The van der Waals surface area contributed by atoms with Crippen LogP contribution in [0.5, 0.6) is 0 Å². The lowest BCUT2D eigenvalue weighted by atomic mass is 9.84. The Morgan fingerprint density at radius 1 is 0.966 bits per heavy atom. The number of carbonyl (C=O) groups is 3. The van der Waals surface area contributed by atoms with E-state index in [0.29, 0.717) is 27.9 Å². The van der Waals surface area contributed by atoms with Crippen molar-refractivity contribution in [2.24, 2.45) is 5.73 Å². The summed E-state index contributed by atoms with van der Waals surface area (Å²) in [7, 11) is 0. The molecule has 2 aromatic carbocycles. The first kappa shape index (κ1) is 20.7. The van der Waals surface area contributed by atoms with E-state index in [1.54, 1.807) is 49.4 Å². The molecule has 0 spiro atoms. The minimum atomic E-state index is -0.607. The largest absolute Gasteiger partial charge is 0.365 e. The van der Waals surface area contributed by atoms with E-state index in [0.717, 1.165) is 25.7 Å². The maximum absolute atomic E-state index is 12.9. The SMILES string of the molecule is CCCCCC(NC(=O)[C@H](C)N)Nc1ccc2c(c1)C(=O)c1ccccc1C2=O. The summed E-state index contributed by atoms with van der Waals surface area (Å²) in [6, 6.07) is 11.4. The predicted molar refractivity (Wildman–Crippen MR) is 113 cm³/mol. The molecule has 0 fully saturated rings. The van der Waals surface area contributed by atoms with Gasteiger partial charge in [-0.2, -0.15) is 0 Å². The van der Waals surface area contributed by atoms with Gasteiger partial charge in [0.1, 0.15) is 0 Å². The highest BCUT2D eigenvalue weighted by atomic mass is 16.2. The molecule has 2 aromatic rings. The minimum Gasteiger partial charge on any atom is -0.365 e. The second-order valence-electron chi connectivity index (χ2n) is 7.45. The summed E-state index contributed by atoms with van der Waals surface area (Å²) >= 11 is 0. The van der Waals surface area contributed by atoms with Crippen LogP contribution in [-0.2, 0) is 4.79 Å². The van der Waals surface area contributed by atoms with Crippen LogP contribution in [0.2, 0.25) is 0 Å². The molecule has 0 saturated carbocycles. The number of nitrogens with one attached hydrogen (secondary N) is 2. The monoisotopic (exact) mass is 393 g/mol. The average Bonchev–Trinajstić information content (AvgIpc) is 2.72. The van der Waals surface area contributed by atoms with Gasteiger partial charge in [-0.15, -0.1) is 0 Å². The zero-order chi connectivity index (χ0) is 21.0. The molecule has 1 unspecified atom stereocenters. The number of ketones is 2. The van der Waals surface area contributed by atoms with Gasteiger partial charge in [0.05, 0.1) is 12.2 Å². The first-order valence-electron chi connectivity index (χ1n) is 10.1. The van der Waals surface area contributed by atoms with Crippen LogP contribution in [0.3, 0.4) is 0 Å². The molecule has 0 aliphatic heterocycles. The number of fused-ring (bicyclic) bond motifs is 2. The van der Waals surface area contributed by atoms with E-state index in [4.69, 9.17) is 5.73 Å². The van der Waals surface area contributed by atoms with Crippen molar-refractivity contribution in [2.45, 2.75) is 51.7 Å². The van der Waals surface area contributed by atoms with Crippen LogP contribution in [-0.4, -0.2) is 29.7 Å². The van der Waals surface area contributed by atoms with Gasteiger partial charge < -0.3 is 16.4 Å². The molecule has 0 aromatic heterocycles. The van der Waals surface area contributed by atoms with Crippen LogP contribution in [0.4, 0.5) is 5.69 Å². The number of hydrogen-bond donors (Lipinski definition) is 3. The standard InChI is InChI=1S/C23H27N3O3/c1-3-4-5-10-20(26-23(29)14(2)24)25-15-11-12-18-19(13-15)22(28)17-9-7-6-8-16(17)21(18)27/h6-9,11-14,20,25H,3-5,10,24H2,1-2H3,(H,26,29)/t14-,20?/m0/s1. The highest BCUT2D eigenvalue weighted by molar-refractivity contribution is 6.28. The van der Waals surface area contributed by atoms with Crippen LogP contribution in [0, 0.1) is 0 Å². The molecule has 6 heteroatoms. The first-order valence-corrected chi connectivity index (χ1v) is 10.1. The number of amides is 1. The Morgan fingerprint density at radius 2 is 1.59 bits per heavy atom. The lowest BCUT2D eigenvalue weighted by molar-refractivity contribution is -0.122. The van der Waals surface area contributed by atoms with E-state index in [9.17, 15) is 14.4 Å². The molecule has 0 saturated heterocycles. The number of anilines is 1. The van der Waals surface area contributed by atoms with Gasteiger partial charge in [-0.1, -0.05) is 44.0 Å². The molecule has 1 aliphatic carbocycles. The molecule has 1 aliphatic rings. The molecule has 6 nitrogen and oxygen atoms in total. The number of carbonyl (C=O) groups excluding carboxylic acids is 3. The predicted octanol–water partition coefficient (Wildman–Crippen LogP) is 3.24. The van der Waals surface area contributed by atoms with E-state index in [1.165, 1.54) is 0 Å². The summed E-state index contributed by atoms with van der Waals surface area (Å²) < 4.78 is 0.